The molecule has 3 unspecified atom stereocenters. The second kappa shape index (κ2) is 6.75. The maximum absolute atomic E-state index is 3.70. The van der Waals surface area contributed by atoms with Gasteiger partial charge in [0.2, 0.25) is 0 Å². The third-order valence-corrected chi connectivity index (χ3v) is 4.72. The number of rotatable bonds is 5. The van der Waals surface area contributed by atoms with Crippen molar-refractivity contribution in [2.75, 3.05) is 26.2 Å². The lowest BCUT2D eigenvalue weighted by Crippen LogP contribution is -2.47. The van der Waals surface area contributed by atoms with Crippen molar-refractivity contribution in [1.82, 2.24) is 10.2 Å². The van der Waals surface area contributed by atoms with Crippen LogP contribution in [0.2, 0.25) is 0 Å². The molecule has 17 heavy (non-hydrogen) atoms. The van der Waals surface area contributed by atoms with Gasteiger partial charge in [-0.05, 0) is 50.6 Å². The van der Waals surface area contributed by atoms with E-state index in [2.05, 4.69) is 24.1 Å². The van der Waals surface area contributed by atoms with Crippen molar-refractivity contribution in [3.05, 3.63) is 0 Å². The van der Waals surface area contributed by atoms with E-state index in [-0.39, 0.29) is 0 Å². The summed E-state index contributed by atoms with van der Waals surface area (Å²) in [5.41, 5.74) is 0. The molecule has 0 radical (unpaired) electrons. The quantitative estimate of drug-likeness (QED) is 0.792. The van der Waals surface area contributed by atoms with Gasteiger partial charge in [0.25, 0.3) is 0 Å². The Kier molecular flexibility index (Phi) is 5.30. The molecule has 0 bridgehead atoms. The maximum Gasteiger partial charge on any atom is 0.0195 e. The van der Waals surface area contributed by atoms with E-state index in [0.717, 1.165) is 17.9 Å². The molecule has 1 aliphatic heterocycles. The monoisotopic (exact) mass is 238 g/mol. The fourth-order valence-corrected chi connectivity index (χ4v) is 3.56. The molecule has 2 aliphatic rings. The van der Waals surface area contributed by atoms with E-state index >= 15 is 0 Å². The minimum Gasteiger partial charge on any atom is -0.313 e. The first kappa shape index (κ1) is 13.4. The number of likely N-dealkylation sites (tertiary alicyclic amines) is 1. The summed E-state index contributed by atoms with van der Waals surface area (Å²) in [7, 11) is 0. The van der Waals surface area contributed by atoms with Crippen LogP contribution in [0.5, 0.6) is 0 Å². The topological polar surface area (TPSA) is 15.3 Å². The molecule has 0 aromatic carbocycles. The van der Waals surface area contributed by atoms with Crippen molar-refractivity contribution >= 4 is 0 Å². The molecule has 2 heteroatoms. The molecule has 0 aromatic heterocycles. The van der Waals surface area contributed by atoms with E-state index in [1.807, 2.05) is 0 Å². The van der Waals surface area contributed by atoms with Gasteiger partial charge in [0, 0.05) is 19.1 Å². The number of nitrogens with one attached hydrogen (secondary N) is 1. The molecule has 2 rings (SSSR count). The fraction of sp³-hybridized carbons (Fsp3) is 1.00. The summed E-state index contributed by atoms with van der Waals surface area (Å²) >= 11 is 0. The third-order valence-electron chi connectivity index (χ3n) is 4.72. The maximum atomic E-state index is 3.70. The standard InChI is InChI=1S/C15H30N2/c1-3-9-16-15-8-5-10-17(12-15)11-14-7-4-6-13(14)2/h13-16H,3-12H2,1-2H3. The van der Waals surface area contributed by atoms with E-state index in [4.69, 9.17) is 0 Å². The summed E-state index contributed by atoms with van der Waals surface area (Å²) in [6.07, 6.45) is 8.45. The van der Waals surface area contributed by atoms with Crippen molar-refractivity contribution in [3.63, 3.8) is 0 Å². The highest BCUT2D eigenvalue weighted by molar-refractivity contribution is 4.82. The molecule has 1 aliphatic carbocycles. The molecule has 1 saturated heterocycles. The Labute approximate surface area is 107 Å². The van der Waals surface area contributed by atoms with Gasteiger partial charge in [-0.25, -0.2) is 0 Å². The zero-order valence-corrected chi connectivity index (χ0v) is 11.8. The average molecular weight is 238 g/mol. The molecule has 2 fully saturated rings. The van der Waals surface area contributed by atoms with Gasteiger partial charge >= 0.3 is 0 Å². The highest BCUT2D eigenvalue weighted by Gasteiger charge is 2.27. The molecule has 1 saturated carbocycles. The van der Waals surface area contributed by atoms with E-state index in [0.29, 0.717) is 0 Å². The van der Waals surface area contributed by atoms with Crippen LogP contribution >= 0.6 is 0 Å². The van der Waals surface area contributed by atoms with Crippen molar-refractivity contribution in [2.45, 2.75) is 58.4 Å². The Balaban J connectivity index is 1.73. The molecule has 0 spiro atoms. The highest BCUT2D eigenvalue weighted by Crippen LogP contribution is 2.32. The van der Waals surface area contributed by atoms with Crippen LogP contribution in [-0.2, 0) is 0 Å². The zero-order valence-electron chi connectivity index (χ0n) is 11.8. The van der Waals surface area contributed by atoms with Gasteiger partial charge in [0.15, 0.2) is 0 Å². The Morgan fingerprint density at radius 1 is 1.18 bits per heavy atom. The van der Waals surface area contributed by atoms with Crippen molar-refractivity contribution in [3.8, 4) is 0 Å². The summed E-state index contributed by atoms with van der Waals surface area (Å²) in [4.78, 5) is 2.73. The van der Waals surface area contributed by atoms with Gasteiger partial charge in [0.1, 0.15) is 0 Å². The van der Waals surface area contributed by atoms with Crippen LogP contribution in [0.3, 0.4) is 0 Å². The summed E-state index contributed by atoms with van der Waals surface area (Å²) in [5.74, 6) is 1.96. The third kappa shape index (κ3) is 3.96. The first-order chi connectivity index (χ1) is 8.29. The summed E-state index contributed by atoms with van der Waals surface area (Å²) < 4.78 is 0. The fourth-order valence-electron chi connectivity index (χ4n) is 3.56. The summed E-state index contributed by atoms with van der Waals surface area (Å²) in [6, 6.07) is 0.764. The minimum absolute atomic E-state index is 0.764. The molecule has 1 N–H and O–H groups in total. The summed E-state index contributed by atoms with van der Waals surface area (Å²) in [6.45, 7) is 9.91. The zero-order chi connectivity index (χ0) is 12.1. The second-order valence-corrected chi connectivity index (χ2v) is 6.22. The predicted octanol–water partition coefficient (Wildman–Crippen LogP) is 2.89. The Bertz CT molecular complexity index is 217. The SMILES string of the molecule is CCCNC1CCCN(CC2CCCC2C)C1. The van der Waals surface area contributed by atoms with Gasteiger partial charge < -0.3 is 10.2 Å². The highest BCUT2D eigenvalue weighted by atomic mass is 15.2. The molecule has 100 valence electrons. The predicted molar refractivity (Wildman–Crippen MR) is 74.3 cm³/mol. The van der Waals surface area contributed by atoms with Crippen LogP contribution < -0.4 is 5.32 Å². The van der Waals surface area contributed by atoms with E-state index in [1.165, 1.54) is 64.7 Å². The van der Waals surface area contributed by atoms with Gasteiger partial charge in [-0.2, -0.15) is 0 Å². The molecular weight excluding hydrogens is 208 g/mol. The van der Waals surface area contributed by atoms with Gasteiger partial charge in [0.05, 0.1) is 0 Å². The van der Waals surface area contributed by atoms with Gasteiger partial charge in [-0.1, -0.05) is 26.7 Å². The van der Waals surface area contributed by atoms with Crippen LogP contribution in [0.1, 0.15) is 52.4 Å². The Morgan fingerprint density at radius 2 is 2.06 bits per heavy atom. The molecule has 3 atom stereocenters. The molecule has 0 amide bonds. The van der Waals surface area contributed by atoms with Crippen molar-refractivity contribution in [2.24, 2.45) is 11.8 Å². The van der Waals surface area contributed by atoms with E-state index in [1.54, 1.807) is 0 Å². The molecular formula is C15H30N2. The van der Waals surface area contributed by atoms with Crippen LogP contribution in [-0.4, -0.2) is 37.1 Å². The number of piperidine rings is 1. The summed E-state index contributed by atoms with van der Waals surface area (Å²) in [5, 5.41) is 3.70. The first-order valence-corrected chi connectivity index (χ1v) is 7.75. The minimum atomic E-state index is 0.764. The second-order valence-electron chi connectivity index (χ2n) is 6.22. The van der Waals surface area contributed by atoms with Crippen molar-refractivity contribution < 1.29 is 0 Å². The molecule has 0 aromatic rings. The lowest BCUT2D eigenvalue weighted by Gasteiger charge is -2.35. The van der Waals surface area contributed by atoms with Crippen LogP contribution in [0, 0.1) is 11.8 Å². The first-order valence-electron chi connectivity index (χ1n) is 7.75. The van der Waals surface area contributed by atoms with Crippen LogP contribution in [0.4, 0.5) is 0 Å². The molecule has 1 heterocycles. The Morgan fingerprint density at radius 3 is 2.76 bits per heavy atom. The van der Waals surface area contributed by atoms with E-state index < -0.39 is 0 Å². The van der Waals surface area contributed by atoms with E-state index in [9.17, 15) is 0 Å². The van der Waals surface area contributed by atoms with Gasteiger partial charge in [-0.15, -0.1) is 0 Å². The lowest BCUT2D eigenvalue weighted by molar-refractivity contribution is 0.154. The smallest absolute Gasteiger partial charge is 0.0195 e. The Hall–Kier alpha value is -0.0800. The number of hydrogen-bond donors (Lipinski definition) is 1. The number of hydrogen-bond acceptors (Lipinski definition) is 2. The number of nitrogens with zero attached hydrogens (tertiary/aromatic N) is 1. The normalized spacial score (nSPS) is 35.3. The largest absolute Gasteiger partial charge is 0.313 e. The lowest BCUT2D eigenvalue weighted by atomic mass is 9.96. The van der Waals surface area contributed by atoms with Crippen LogP contribution in [0.15, 0.2) is 0 Å². The van der Waals surface area contributed by atoms with Crippen LogP contribution in [0.25, 0.3) is 0 Å². The molecule has 2 nitrogen and oxygen atoms in total. The van der Waals surface area contributed by atoms with Crippen molar-refractivity contribution in [1.29, 1.82) is 0 Å². The average Bonchev–Trinajstić information content (AvgIpc) is 2.73. The van der Waals surface area contributed by atoms with Gasteiger partial charge in [-0.3, -0.25) is 0 Å².